The maximum Gasteiger partial charge on any atom is 0.339 e. The zero-order valence-corrected chi connectivity index (χ0v) is 16.5. The van der Waals surface area contributed by atoms with Gasteiger partial charge in [-0.1, -0.05) is 0 Å². The van der Waals surface area contributed by atoms with Crippen LogP contribution in [0, 0.1) is 0 Å². The molecule has 0 bridgehead atoms. The number of nitrogens with zero attached hydrogens (tertiary/aromatic N) is 1. The van der Waals surface area contributed by atoms with Gasteiger partial charge in [-0.3, -0.25) is 5.41 Å². The Bertz CT molecular complexity index is 943. The van der Waals surface area contributed by atoms with E-state index >= 15 is 0 Å². The molecular weight excluding hydrogens is 392 g/mol. The van der Waals surface area contributed by atoms with Gasteiger partial charge in [-0.15, -0.1) is 0 Å². The van der Waals surface area contributed by atoms with E-state index in [1.807, 2.05) is 0 Å². The van der Waals surface area contributed by atoms with Gasteiger partial charge in [0.25, 0.3) is 5.84 Å². The van der Waals surface area contributed by atoms with E-state index in [1.54, 1.807) is 20.2 Å². The van der Waals surface area contributed by atoms with Crippen LogP contribution in [0.25, 0.3) is 0 Å². The highest BCUT2D eigenvalue weighted by molar-refractivity contribution is 6.08. The lowest BCUT2D eigenvalue weighted by Gasteiger charge is -2.14. The number of carbonyl (C=O) groups is 2. The van der Waals surface area contributed by atoms with E-state index in [-0.39, 0.29) is 40.9 Å². The van der Waals surface area contributed by atoms with E-state index in [2.05, 4.69) is 15.6 Å². The van der Waals surface area contributed by atoms with Gasteiger partial charge in [-0.2, -0.15) is 0 Å². The molecule has 0 saturated heterocycles. The SMILES string of the molecule is CN/C=C\C(=[NH2+])NC(=O)c1cc(Oc2ccc(C(=O)O)cn2)cc(O[C@@H](C)CO)c1. The molecule has 158 valence electrons. The molecule has 2 aromatic rings. The first-order chi connectivity index (χ1) is 14.3. The number of aliphatic hydroxyl groups is 1. The number of carboxylic acid groups (broad SMARTS) is 1. The molecule has 0 saturated carbocycles. The van der Waals surface area contributed by atoms with Crippen LogP contribution < -0.4 is 25.5 Å². The van der Waals surface area contributed by atoms with E-state index < -0.39 is 18.0 Å². The van der Waals surface area contributed by atoms with Crippen molar-refractivity contribution in [1.29, 1.82) is 0 Å². The number of hydrogen-bond donors (Lipinski definition) is 5. The quantitative estimate of drug-likeness (QED) is 0.282. The van der Waals surface area contributed by atoms with Crippen LogP contribution in [0.4, 0.5) is 0 Å². The van der Waals surface area contributed by atoms with Crippen molar-refractivity contribution >= 4 is 17.7 Å². The largest absolute Gasteiger partial charge is 0.488 e. The normalized spacial score (nSPS) is 11.6. The Balaban J connectivity index is 2.29. The highest BCUT2D eigenvalue weighted by Gasteiger charge is 2.17. The number of hydrogen-bond acceptors (Lipinski definition) is 7. The molecule has 1 amide bonds. The number of aliphatic hydroxyl groups excluding tert-OH is 1. The molecule has 30 heavy (non-hydrogen) atoms. The average molecular weight is 415 g/mol. The number of rotatable bonds is 9. The summed E-state index contributed by atoms with van der Waals surface area (Å²) >= 11 is 0. The van der Waals surface area contributed by atoms with Gasteiger partial charge in [-0.25, -0.2) is 19.9 Å². The molecule has 10 nitrogen and oxygen atoms in total. The molecule has 1 heterocycles. The van der Waals surface area contributed by atoms with Gasteiger partial charge in [-0.05, 0) is 25.1 Å². The van der Waals surface area contributed by atoms with Gasteiger partial charge in [0, 0.05) is 37.7 Å². The van der Waals surface area contributed by atoms with Crippen molar-refractivity contribution in [2.45, 2.75) is 13.0 Å². The van der Waals surface area contributed by atoms with Crippen LogP contribution in [0.3, 0.4) is 0 Å². The number of carbonyl (C=O) groups excluding carboxylic acids is 1. The number of carboxylic acids is 1. The van der Waals surface area contributed by atoms with Gasteiger partial charge in [0.1, 0.15) is 17.6 Å². The van der Waals surface area contributed by atoms with Crippen LogP contribution in [-0.4, -0.2) is 52.7 Å². The molecule has 6 N–H and O–H groups in total. The molecule has 2 rings (SSSR count). The summed E-state index contributed by atoms with van der Waals surface area (Å²) in [5.74, 6) is -0.857. The summed E-state index contributed by atoms with van der Waals surface area (Å²) in [6, 6.07) is 7.18. The first-order valence-electron chi connectivity index (χ1n) is 8.89. The van der Waals surface area contributed by atoms with Crippen LogP contribution in [0.15, 0.2) is 48.8 Å². The minimum Gasteiger partial charge on any atom is -0.488 e. The van der Waals surface area contributed by atoms with Crippen LogP contribution in [-0.2, 0) is 0 Å². The zero-order chi connectivity index (χ0) is 22.1. The van der Waals surface area contributed by atoms with E-state index in [0.717, 1.165) is 6.20 Å². The molecule has 0 aliphatic rings. The zero-order valence-electron chi connectivity index (χ0n) is 16.5. The number of aromatic nitrogens is 1. The Kier molecular flexibility index (Phi) is 7.89. The molecule has 0 radical (unpaired) electrons. The van der Waals surface area contributed by atoms with E-state index in [0.29, 0.717) is 0 Å². The fourth-order valence-electron chi connectivity index (χ4n) is 2.21. The Morgan fingerprint density at radius 1 is 1.23 bits per heavy atom. The number of nitrogens with two attached hydrogens (primary N) is 1. The van der Waals surface area contributed by atoms with Crippen molar-refractivity contribution in [3.8, 4) is 17.4 Å². The molecule has 0 aliphatic heterocycles. The second kappa shape index (κ2) is 10.6. The molecule has 0 unspecified atom stereocenters. The van der Waals surface area contributed by atoms with Crippen LogP contribution in [0.5, 0.6) is 17.4 Å². The highest BCUT2D eigenvalue weighted by atomic mass is 16.5. The molecule has 1 aromatic carbocycles. The third-order valence-electron chi connectivity index (χ3n) is 3.63. The average Bonchev–Trinajstić information content (AvgIpc) is 2.72. The predicted molar refractivity (Wildman–Crippen MR) is 107 cm³/mol. The second-order valence-electron chi connectivity index (χ2n) is 6.13. The third-order valence-corrected chi connectivity index (χ3v) is 3.63. The number of nitrogens with one attached hydrogen (secondary N) is 2. The molecule has 0 aliphatic carbocycles. The lowest BCUT2D eigenvalue weighted by Crippen LogP contribution is -2.49. The number of benzene rings is 1. The number of amidine groups is 1. The second-order valence-corrected chi connectivity index (χ2v) is 6.13. The summed E-state index contributed by atoms with van der Waals surface area (Å²) in [5, 5.41) is 29.2. The standard InChI is InChI=1S/C20H22N4O6/c1-12(11-25)29-15-7-14(19(26)24-17(21)5-6-22-2)8-16(9-15)30-18-4-3-13(10-23-18)20(27)28/h3-10,12,22,25H,11H2,1-2H3,(H,27,28)(H2,21,24,26)/p+1/b6-5-/t12-/m0/s1. The van der Waals surface area contributed by atoms with Crippen molar-refractivity contribution in [1.82, 2.24) is 15.6 Å². The summed E-state index contributed by atoms with van der Waals surface area (Å²) in [4.78, 5) is 27.4. The van der Waals surface area contributed by atoms with Gasteiger partial charge < -0.3 is 25.0 Å². The van der Waals surface area contributed by atoms with E-state index in [1.165, 1.54) is 36.4 Å². The van der Waals surface area contributed by atoms with Gasteiger partial charge in [0.15, 0.2) is 0 Å². The Morgan fingerprint density at radius 2 is 1.97 bits per heavy atom. The van der Waals surface area contributed by atoms with Crippen molar-refractivity contribution in [3.05, 3.63) is 59.9 Å². The molecule has 1 atom stereocenters. The van der Waals surface area contributed by atoms with Gasteiger partial charge in [0.05, 0.1) is 17.7 Å². The summed E-state index contributed by atoms with van der Waals surface area (Å²) in [6.45, 7) is 1.44. The number of ether oxygens (including phenoxy) is 2. The van der Waals surface area contributed by atoms with Crippen molar-refractivity contribution in [3.63, 3.8) is 0 Å². The smallest absolute Gasteiger partial charge is 0.339 e. The van der Waals surface area contributed by atoms with Crippen molar-refractivity contribution < 1.29 is 34.7 Å². The third kappa shape index (κ3) is 6.60. The molecule has 0 spiro atoms. The fourth-order valence-corrected chi connectivity index (χ4v) is 2.21. The van der Waals surface area contributed by atoms with Crippen LogP contribution >= 0.6 is 0 Å². The van der Waals surface area contributed by atoms with Crippen molar-refractivity contribution in [2.75, 3.05) is 13.7 Å². The number of amides is 1. The Hall–Kier alpha value is -3.92. The molecular formula is C20H23N4O6+. The summed E-state index contributed by atoms with van der Waals surface area (Å²) in [7, 11) is 1.69. The van der Waals surface area contributed by atoms with Crippen LogP contribution in [0.2, 0.25) is 0 Å². The summed E-state index contributed by atoms with van der Waals surface area (Å²) < 4.78 is 11.2. The van der Waals surface area contributed by atoms with Gasteiger partial charge >= 0.3 is 11.9 Å². The molecule has 10 heteroatoms. The number of pyridine rings is 1. The minimum absolute atomic E-state index is 0.0110. The van der Waals surface area contributed by atoms with Gasteiger partial charge in [0.2, 0.25) is 5.88 Å². The molecule has 1 aromatic heterocycles. The van der Waals surface area contributed by atoms with E-state index in [4.69, 9.17) is 20.0 Å². The lowest BCUT2D eigenvalue weighted by molar-refractivity contribution is -0.115. The number of aromatic carboxylic acids is 1. The molecule has 0 fully saturated rings. The first kappa shape index (κ1) is 22.4. The fraction of sp³-hybridized carbons (Fsp3) is 0.200. The Labute approximate surface area is 172 Å². The Morgan fingerprint density at radius 3 is 2.57 bits per heavy atom. The minimum atomic E-state index is -1.11. The first-order valence-corrected chi connectivity index (χ1v) is 8.89. The summed E-state index contributed by atoms with van der Waals surface area (Å²) in [6.07, 6.45) is 3.68. The predicted octanol–water partition coefficient (Wildman–Crippen LogP) is -0.0478. The maximum atomic E-state index is 12.5. The topological polar surface area (TPSA) is 156 Å². The monoisotopic (exact) mass is 415 g/mol. The summed E-state index contributed by atoms with van der Waals surface area (Å²) in [5.41, 5.74) is 0.201. The highest BCUT2D eigenvalue weighted by Crippen LogP contribution is 2.27. The van der Waals surface area contributed by atoms with Crippen molar-refractivity contribution in [2.24, 2.45) is 0 Å². The maximum absolute atomic E-state index is 12.5. The van der Waals surface area contributed by atoms with E-state index in [9.17, 15) is 14.7 Å². The van der Waals surface area contributed by atoms with Crippen LogP contribution in [0.1, 0.15) is 27.6 Å². The lowest BCUT2D eigenvalue weighted by atomic mass is 10.2.